The van der Waals surface area contributed by atoms with Gasteiger partial charge in [0.25, 0.3) is 0 Å². The van der Waals surface area contributed by atoms with Crippen molar-refractivity contribution in [3.63, 3.8) is 0 Å². The predicted octanol–water partition coefficient (Wildman–Crippen LogP) is 4.25. The molecule has 0 saturated heterocycles. The Labute approximate surface area is 129 Å². The van der Waals surface area contributed by atoms with Crippen molar-refractivity contribution >= 4 is 0 Å². The van der Waals surface area contributed by atoms with Gasteiger partial charge < -0.3 is 10.1 Å². The number of ether oxygens (including phenoxy) is 1. The Balaban J connectivity index is 1.48. The largest absolute Gasteiger partial charge is 0.372 e. The zero-order chi connectivity index (χ0) is 14.5. The summed E-state index contributed by atoms with van der Waals surface area (Å²) in [5.41, 5.74) is 2.87. The summed E-state index contributed by atoms with van der Waals surface area (Å²) in [7, 11) is 0. The van der Waals surface area contributed by atoms with Crippen molar-refractivity contribution in [2.45, 2.75) is 64.0 Å². The Morgan fingerprint density at radius 1 is 1.14 bits per heavy atom. The molecule has 1 aromatic carbocycles. The molecule has 0 aromatic heterocycles. The summed E-state index contributed by atoms with van der Waals surface area (Å²) in [6, 6.07) is 9.47. The van der Waals surface area contributed by atoms with Gasteiger partial charge in [0.1, 0.15) is 0 Å². The Kier molecular flexibility index (Phi) is 5.32. The fourth-order valence-electron chi connectivity index (χ4n) is 3.98. The average molecular weight is 287 g/mol. The van der Waals surface area contributed by atoms with Gasteiger partial charge in [-0.3, -0.25) is 0 Å². The second-order valence-corrected chi connectivity index (χ2v) is 6.72. The van der Waals surface area contributed by atoms with Crippen LogP contribution in [0.1, 0.15) is 62.7 Å². The summed E-state index contributed by atoms with van der Waals surface area (Å²) in [4.78, 5) is 0. The summed E-state index contributed by atoms with van der Waals surface area (Å²) in [6.45, 7) is 4.15. The fraction of sp³-hybridized carbons (Fsp3) is 0.684. The van der Waals surface area contributed by atoms with E-state index in [0.717, 1.165) is 25.5 Å². The van der Waals surface area contributed by atoms with Crippen molar-refractivity contribution in [3.05, 3.63) is 35.4 Å². The van der Waals surface area contributed by atoms with Crippen LogP contribution in [-0.4, -0.2) is 19.2 Å². The molecular formula is C19H29NO. The highest BCUT2D eigenvalue weighted by Gasteiger charge is 2.24. The molecule has 1 unspecified atom stereocenters. The van der Waals surface area contributed by atoms with Gasteiger partial charge >= 0.3 is 0 Å². The highest BCUT2D eigenvalue weighted by Crippen LogP contribution is 2.29. The number of benzene rings is 1. The van der Waals surface area contributed by atoms with Crippen molar-refractivity contribution in [1.29, 1.82) is 0 Å². The third-order valence-corrected chi connectivity index (χ3v) is 5.23. The Hall–Kier alpha value is -0.860. The van der Waals surface area contributed by atoms with Crippen LogP contribution in [0.5, 0.6) is 0 Å². The van der Waals surface area contributed by atoms with Gasteiger partial charge in [-0.2, -0.15) is 0 Å². The van der Waals surface area contributed by atoms with Gasteiger partial charge in [0.15, 0.2) is 0 Å². The highest BCUT2D eigenvalue weighted by molar-refractivity contribution is 5.31. The molecule has 2 aliphatic rings. The van der Waals surface area contributed by atoms with Crippen molar-refractivity contribution in [3.8, 4) is 0 Å². The number of nitrogens with one attached hydrogen (secondary N) is 1. The van der Waals surface area contributed by atoms with Gasteiger partial charge in [0, 0.05) is 12.6 Å². The summed E-state index contributed by atoms with van der Waals surface area (Å²) in [5, 5.41) is 3.77. The maximum absolute atomic E-state index is 5.99. The zero-order valence-corrected chi connectivity index (χ0v) is 13.3. The molecule has 0 amide bonds. The Morgan fingerprint density at radius 2 is 1.95 bits per heavy atom. The smallest absolute Gasteiger partial charge is 0.0952 e. The first-order valence-corrected chi connectivity index (χ1v) is 8.79. The van der Waals surface area contributed by atoms with Gasteiger partial charge in [-0.05, 0) is 49.1 Å². The second-order valence-electron chi connectivity index (χ2n) is 6.72. The van der Waals surface area contributed by atoms with Crippen LogP contribution in [0.3, 0.4) is 0 Å². The molecule has 1 atom stereocenters. The van der Waals surface area contributed by atoms with Crippen molar-refractivity contribution in [2.24, 2.45) is 5.92 Å². The van der Waals surface area contributed by atoms with Gasteiger partial charge in [-0.25, -0.2) is 0 Å². The van der Waals surface area contributed by atoms with Gasteiger partial charge in [-0.15, -0.1) is 0 Å². The summed E-state index contributed by atoms with van der Waals surface area (Å²) < 4.78 is 5.99. The van der Waals surface area contributed by atoms with Crippen LogP contribution in [0.2, 0.25) is 0 Å². The summed E-state index contributed by atoms with van der Waals surface area (Å²) in [5.74, 6) is 0.986. The molecule has 1 saturated carbocycles. The molecule has 1 heterocycles. The SMILES string of the molecule is CCCC1CCC(NCC2OCCc3ccccc32)CC1. The normalized spacial score (nSPS) is 29.1. The van der Waals surface area contributed by atoms with E-state index >= 15 is 0 Å². The van der Waals surface area contributed by atoms with E-state index in [9.17, 15) is 0 Å². The first-order chi connectivity index (χ1) is 10.4. The van der Waals surface area contributed by atoms with Crippen LogP contribution in [0, 0.1) is 5.92 Å². The maximum atomic E-state index is 5.99. The average Bonchev–Trinajstić information content (AvgIpc) is 2.54. The standard InChI is InChI=1S/C19H29NO/c1-2-5-15-8-10-17(11-9-15)20-14-19-18-7-4-3-6-16(18)12-13-21-19/h3-4,6-7,15,17,19-20H,2,5,8-14H2,1H3. The first kappa shape index (κ1) is 15.1. The lowest BCUT2D eigenvalue weighted by Gasteiger charge is -2.32. The third-order valence-electron chi connectivity index (χ3n) is 5.23. The monoisotopic (exact) mass is 287 g/mol. The molecule has 2 nitrogen and oxygen atoms in total. The van der Waals surface area contributed by atoms with E-state index in [1.165, 1.54) is 49.7 Å². The molecule has 0 spiro atoms. The van der Waals surface area contributed by atoms with Crippen molar-refractivity contribution < 1.29 is 4.74 Å². The molecule has 116 valence electrons. The van der Waals surface area contributed by atoms with E-state index in [2.05, 4.69) is 36.5 Å². The molecule has 0 bridgehead atoms. The van der Waals surface area contributed by atoms with Crippen LogP contribution < -0.4 is 5.32 Å². The molecular weight excluding hydrogens is 258 g/mol. The topological polar surface area (TPSA) is 21.3 Å². The van der Waals surface area contributed by atoms with Crippen LogP contribution in [0.4, 0.5) is 0 Å². The van der Waals surface area contributed by atoms with E-state index in [1.54, 1.807) is 0 Å². The van der Waals surface area contributed by atoms with E-state index in [1.807, 2.05) is 0 Å². The van der Waals surface area contributed by atoms with Crippen LogP contribution in [0.15, 0.2) is 24.3 Å². The van der Waals surface area contributed by atoms with E-state index in [4.69, 9.17) is 4.74 Å². The van der Waals surface area contributed by atoms with E-state index < -0.39 is 0 Å². The molecule has 1 aliphatic heterocycles. The number of hydrogen-bond donors (Lipinski definition) is 1. The van der Waals surface area contributed by atoms with E-state index in [-0.39, 0.29) is 6.10 Å². The quantitative estimate of drug-likeness (QED) is 0.874. The van der Waals surface area contributed by atoms with E-state index in [0.29, 0.717) is 6.04 Å². The highest BCUT2D eigenvalue weighted by atomic mass is 16.5. The van der Waals surface area contributed by atoms with Crippen LogP contribution >= 0.6 is 0 Å². The molecule has 1 fully saturated rings. The minimum Gasteiger partial charge on any atom is -0.372 e. The zero-order valence-electron chi connectivity index (χ0n) is 13.3. The third kappa shape index (κ3) is 3.87. The van der Waals surface area contributed by atoms with Crippen molar-refractivity contribution in [2.75, 3.05) is 13.2 Å². The summed E-state index contributed by atoms with van der Waals surface area (Å²) >= 11 is 0. The second kappa shape index (κ2) is 7.42. The molecule has 1 N–H and O–H groups in total. The minimum atomic E-state index is 0.253. The van der Waals surface area contributed by atoms with Crippen LogP contribution in [0.25, 0.3) is 0 Å². The van der Waals surface area contributed by atoms with Gasteiger partial charge in [-0.1, -0.05) is 44.0 Å². The lowest BCUT2D eigenvalue weighted by atomic mass is 9.83. The molecule has 2 heteroatoms. The van der Waals surface area contributed by atoms with Crippen molar-refractivity contribution in [1.82, 2.24) is 5.32 Å². The molecule has 0 radical (unpaired) electrons. The van der Waals surface area contributed by atoms with Gasteiger partial charge in [0.05, 0.1) is 12.7 Å². The fourth-order valence-corrected chi connectivity index (χ4v) is 3.98. The minimum absolute atomic E-state index is 0.253. The Morgan fingerprint density at radius 3 is 2.76 bits per heavy atom. The van der Waals surface area contributed by atoms with Gasteiger partial charge in [0.2, 0.25) is 0 Å². The van der Waals surface area contributed by atoms with Crippen LogP contribution in [-0.2, 0) is 11.2 Å². The molecule has 1 aliphatic carbocycles. The Bertz CT molecular complexity index is 437. The maximum Gasteiger partial charge on any atom is 0.0952 e. The lowest BCUT2D eigenvalue weighted by Crippen LogP contribution is -2.37. The first-order valence-electron chi connectivity index (χ1n) is 8.79. The summed E-state index contributed by atoms with van der Waals surface area (Å²) in [6.07, 6.45) is 9.60. The molecule has 21 heavy (non-hydrogen) atoms. The predicted molar refractivity (Wildman–Crippen MR) is 87.5 cm³/mol. The number of hydrogen-bond acceptors (Lipinski definition) is 2. The molecule has 1 aromatic rings. The molecule has 3 rings (SSSR count). The number of fused-ring (bicyclic) bond motifs is 1. The lowest BCUT2D eigenvalue weighted by molar-refractivity contribution is 0.0392. The number of rotatable bonds is 5.